The Morgan fingerprint density at radius 3 is 2.41 bits per heavy atom. The summed E-state index contributed by atoms with van der Waals surface area (Å²) in [6.07, 6.45) is -4.36. The van der Waals surface area contributed by atoms with E-state index in [1.807, 2.05) is 0 Å². The number of carbonyl (C=O) groups excluding carboxylic acids is 2. The maximum absolute atomic E-state index is 12.1. The number of hydrogen-bond acceptors (Lipinski definition) is 6. The van der Waals surface area contributed by atoms with E-state index in [0.29, 0.717) is 17.9 Å². The summed E-state index contributed by atoms with van der Waals surface area (Å²) in [6, 6.07) is 4.58. The van der Waals surface area contributed by atoms with E-state index in [-0.39, 0.29) is 12.1 Å². The number of aromatic nitrogens is 1. The van der Waals surface area contributed by atoms with E-state index in [4.69, 9.17) is 9.26 Å². The lowest BCUT2D eigenvalue weighted by molar-refractivity contribution is -0.274. The lowest BCUT2D eigenvalue weighted by Gasteiger charge is -2.10. The number of hydrogen-bond donors (Lipinski definition) is 1. The number of benzene rings is 1. The molecule has 1 heterocycles. The van der Waals surface area contributed by atoms with Crippen LogP contribution in [0.15, 0.2) is 28.8 Å². The van der Waals surface area contributed by atoms with Gasteiger partial charge in [0, 0.05) is 17.7 Å². The van der Waals surface area contributed by atoms with Gasteiger partial charge >= 0.3 is 12.3 Å². The summed E-state index contributed by atoms with van der Waals surface area (Å²) in [6.45, 7) is 2.98. The molecule has 0 unspecified atom stereocenters. The Morgan fingerprint density at radius 2 is 1.85 bits per heavy atom. The molecule has 0 aliphatic carbocycles. The van der Waals surface area contributed by atoms with E-state index in [1.165, 1.54) is 12.1 Å². The molecule has 0 atom stereocenters. The first-order valence-electron chi connectivity index (χ1n) is 7.87. The molecule has 0 spiro atoms. The van der Waals surface area contributed by atoms with Crippen LogP contribution in [-0.4, -0.2) is 30.0 Å². The molecule has 1 N–H and O–H groups in total. The molecule has 0 saturated carbocycles. The molecule has 0 aliphatic rings. The Kier molecular flexibility index (Phi) is 6.43. The number of anilines is 1. The fourth-order valence-electron chi connectivity index (χ4n) is 2.24. The van der Waals surface area contributed by atoms with E-state index in [0.717, 1.165) is 17.7 Å². The minimum Gasteiger partial charge on any atom is -0.456 e. The lowest BCUT2D eigenvalue weighted by Crippen LogP contribution is -2.21. The predicted octanol–water partition coefficient (Wildman–Crippen LogP) is 3.30. The zero-order chi connectivity index (χ0) is 20.0. The standard InChI is InChI=1S/C17H17F3N2O5/c1-10-14(11(2)27-22-10)7-8-16(24)25-9-15(23)21-12-3-5-13(6-4-12)26-17(18,19)20/h3-6H,7-9H2,1-2H3,(H,21,23). The van der Waals surface area contributed by atoms with Crippen molar-refractivity contribution in [3.8, 4) is 5.75 Å². The highest BCUT2D eigenvalue weighted by atomic mass is 19.4. The Bertz CT molecular complexity index is 780. The molecular formula is C17H17F3N2O5. The zero-order valence-electron chi connectivity index (χ0n) is 14.6. The van der Waals surface area contributed by atoms with Gasteiger partial charge in [0.1, 0.15) is 11.5 Å². The van der Waals surface area contributed by atoms with Crippen molar-refractivity contribution in [3.63, 3.8) is 0 Å². The number of nitrogens with one attached hydrogen (secondary N) is 1. The van der Waals surface area contributed by atoms with E-state index in [9.17, 15) is 22.8 Å². The van der Waals surface area contributed by atoms with Gasteiger partial charge < -0.3 is 19.3 Å². The monoisotopic (exact) mass is 386 g/mol. The number of ether oxygens (including phenoxy) is 2. The second kappa shape index (κ2) is 8.56. The Balaban J connectivity index is 1.74. The van der Waals surface area contributed by atoms with Gasteiger partial charge in [-0.2, -0.15) is 0 Å². The van der Waals surface area contributed by atoms with Gasteiger partial charge in [0.05, 0.1) is 5.69 Å². The van der Waals surface area contributed by atoms with Gasteiger partial charge in [-0.1, -0.05) is 5.16 Å². The van der Waals surface area contributed by atoms with Crippen LogP contribution in [0.4, 0.5) is 18.9 Å². The van der Waals surface area contributed by atoms with Crippen molar-refractivity contribution in [2.75, 3.05) is 11.9 Å². The van der Waals surface area contributed by atoms with E-state index < -0.39 is 30.6 Å². The van der Waals surface area contributed by atoms with Crippen LogP contribution in [0.1, 0.15) is 23.4 Å². The summed E-state index contributed by atoms with van der Waals surface area (Å²) in [7, 11) is 0. The average Bonchev–Trinajstić information content (AvgIpc) is 2.90. The summed E-state index contributed by atoms with van der Waals surface area (Å²) in [5, 5.41) is 6.18. The molecule has 1 aromatic heterocycles. The topological polar surface area (TPSA) is 90.7 Å². The molecule has 0 radical (unpaired) electrons. The van der Waals surface area contributed by atoms with Crippen LogP contribution in [0.5, 0.6) is 5.75 Å². The van der Waals surface area contributed by atoms with Crippen LogP contribution < -0.4 is 10.1 Å². The number of halogens is 3. The fourth-order valence-corrected chi connectivity index (χ4v) is 2.24. The first-order chi connectivity index (χ1) is 12.6. The van der Waals surface area contributed by atoms with Crippen molar-refractivity contribution in [1.82, 2.24) is 5.16 Å². The van der Waals surface area contributed by atoms with Crippen molar-refractivity contribution in [2.24, 2.45) is 0 Å². The third kappa shape index (κ3) is 6.65. The maximum Gasteiger partial charge on any atom is 0.573 e. The van der Waals surface area contributed by atoms with Crippen molar-refractivity contribution in [2.45, 2.75) is 33.1 Å². The number of alkyl halides is 3. The second-order valence-electron chi connectivity index (χ2n) is 5.58. The summed E-state index contributed by atoms with van der Waals surface area (Å²) in [5.41, 5.74) is 1.75. The molecule has 0 bridgehead atoms. The second-order valence-corrected chi connectivity index (χ2v) is 5.58. The number of amides is 1. The first kappa shape index (κ1) is 20.3. The molecule has 0 aliphatic heterocycles. The molecule has 7 nitrogen and oxygen atoms in total. The molecule has 1 amide bonds. The molecular weight excluding hydrogens is 369 g/mol. The first-order valence-corrected chi connectivity index (χ1v) is 7.87. The highest BCUT2D eigenvalue weighted by Gasteiger charge is 2.30. The largest absolute Gasteiger partial charge is 0.573 e. The number of rotatable bonds is 7. The summed E-state index contributed by atoms with van der Waals surface area (Å²) in [5.74, 6) is -0.980. The number of carbonyl (C=O) groups is 2. The van der Waals surface area contributed by atoms with Gasteiger partial charge in [-0.15, -0.1) is 13.2 Å². The summed E-state index contributed by atoms with van der Waals surface area (Å²) < 4.78 is 49.8. The van der Waals surface area contributed by atoms with Crippen LogP contribution in [0.3, 0.4) is 0 Å². The minimum absolute atomic E-state index is 0.0552. The minimum atomic E-state index is -4.79. The summed E-state index contributed by atoms with van der Waals surface area (Å²) in [4.78, 5) is 23.5. The zero-order valence-corrected chi connectivity index (χ0v) is 14.6. The van der Waals surface area contributed by atoms with Gasteiger partial charge in [-0.05, 0) is 44.5 Å². The smallest absolute Gasteiger partial charge is 0.456 e. The third-order valence-corrected chi connectivity index (χ3v) is 3.50. The summed E-state index contributed by atoms with van der Waals surface area (Å²) >= 11 is 0. The van der Waals surface area contributed by atoms with Crippen LogP contribution >= 0.6 is 0 Å². The van der Waals surface area contributed by atoms with Gasteiger partial charge in [-0.3, -0.25) is 9.59 Å². The normalized spacial score (nSPS) is 11.1. The van der Waals surface area contributed by atoms with Crippen molar-refractivity contribution in [1.29, 1.82) is 0 Å². The Morgan fingerprint density at radius 1 is 1.19 bits per heavy atom. The van der Waals surface area contributed by atoms with Crippen molar-refractivity contribution < 1.29 is 36.8 Å². The van der Waals surface area contributed by atoms with E-state index in [2.05, 4.69) is 15.2 Å². The van der Waals surface area contributed by atoms with E-state index >= 15 is 0 Å². The highest BCUT2D eigenvalue weighted by molar-refractivity contribution is 5.92. The molecule has 0 saturated heterocycles. The number of nitrogens with zero attached hydrogens (tertiary/aromatic N) is 1. The van der Waals surface area contributed by atoms with Gasteiger partial charge in [-0.25, -0.2) is 0 Å². The average molecular weight is 386 g/mol. The maximum atomic E-state index is 12.1. The predicted molar refractivity (Wildman–Crippen MR) is 87.0 cm³/mol. The Hall–Kier alpha value is -3.04. The van der Waals surface area contributed by atoms with Crippen LogP contribution in [-0.2, 0) is 20.7 Å². The number of esters is 1. The van der Waals surface area contributed by atoms with Crippen molar-refractivity contribution >= 4 is 17.6 Å². The molecule has 27 heavy (non-hydrogen) atoms. The molecule has 146 valence electrons. The van der Waals surface area contributed by atoms with Crippen molar-refractivity contribution in [3.05, 3.63) is 41.3 Å². The van der Waals surface area contributed by atoms with Crippen LogP contribution in [0, 0.1) is 13.8 Å². The van der Waals surface area contributed by atoms with Crippen LogP contribution in [0.25, 0.3) is 0 Å². The fraction of sp³-hybridized carbons (Fsp3) is 0.353. The van der Waals surface area contributed by atoms with Gasteiger partial charge in [0.2, 0.25) is 0 Å². The molecule has 1 aromatic carbocycles. The van der Waals surface area contributed by atoms with Crippen LogP contribution in [0.2, 0.25) is 0 Å². The van der Waals surface area contributed by atoms with Gasteiger partial charge in [0.25, 0.3) is 5.91 Å². The molecule has 2 rings (SSSR count). The lowest BCUT2D eigenvalue weighted by atomic mass is 10.1. The molecule has 2 aromatic rings. The SMILES string of the molecule is Cc1noc(C)c1CCC(=O)OCC(=O)Nc1ccc(OC(F)(F)F)cc1. The van der Waals surface area contributed by atoms with Gasteiger partial charge in [0.15, 0.2) is 6.61 Å². The quantitative estimate of drug-likeness (QED) is 0.735. The molecule has 10 heteroatoms. The highest BCUT2D eigenvalue weighted by Crippen LogP contribution is 2.23. The molecule has 0 fully saturated rings. The number of aryl methyl sites for hydroxylation is 2. The Labute approximate surface area is 152 Å². The third-order valence-electron chi connectivity index (χ3n) is 3.50. The van der Waals surface area contributed by atoms with E-state index in [1.54, 1.807) is 13.8 Å².